The Kier molecular flexibility index (Phi) is 4.97. The number of hydrogen-bond donors (Lipinski definition) is 1. The lowest BCUT2D eigenvalue weighted by molar-refractivity contribution is -0.119. The van der Waals surface area contributed by atoms with Crippen molar-refractivity contribution >= 4 is 34.1 Å². The molecular formula is C12H15ClN2O2. The molecule has 4 nitrogen and oxygen atoms in total. The normalized spacial score (nSPS) is 9.82. The SMILES string of the molecule is CN(C)c1ccc(NC(=O)CCC(=O)Cl)cc1. The van der Waals surface area contributed by atoms with Gasteiger partial charge in [-0.15, -0.1) is 0 Å². The first-order chi connectivity index (χ1) is 7.99. The first-order valence-corrected chi connectivity index (χ1v) is 5.62. The maximum absolute atomic E-state index is 11.4. The summed E-state index contributed by atoms with van der Waals surface area (Å²) < 4.78 is 0. The summed E-state index contributed by atoms with van der Waals surface area (Å²) in [5, 5.41) is 2.20. The number of nitrogens with zero attached hydrogens (tertiary/aromatic N) is 1. The van der Waals surface area contributed by atoms with Crippen LogP contribution in [0.1, 0.15) is 12.8 Å². The molecule has 5 heteroatoms. The number of anilines is 2. The third kappa shape index (κ3) is 4.87. The number of carbonyl (C=O) groups is 2. The van der Waals surface area contributed by atoms with Crippen LogP contribution in [0.2, 0.25) is 0 Å². The number of rotatable bonds is 5. The third-order valence-corrected chi connectivity index (χ3v) is 2.41. The summed E-state index contributed by atoms with van der Waals surface area (Å²) >= 11 is 5.16. The molecule has 0 aliphatic rings. The minimum absolute atomic E-state index is 0.0587. The van der Waals surface area contributed by atoms with Crippen molar-refractivity contribution in [3.8, 4) is 0 Å². The Morgan fingerprint density at radius 1 is 1.18 bits per heavy atom. The predicted molar refractivity (Wildman–Crippen MR) is 69.5 cm³/mol. The van der Waals surface area contributed by atoms with Gasteiger partial charge in [-0.3, -0.25) is 9.59 Å². The summed E-state index contributed by atoms with van der Waals surface area (Å²) in [5.74, 6) is -0.211. The standard InChI is InChI=1S/C12H15ClN2O2/c1-15(2)10-5-3-9(4-6-10)14-12(17)8-7-11(13)16/h3-6H,7-8H2,1-2H3,(H,14,17). The number of hydrogen-bond acceptors (Lipinski definition) is 3. The topological polar surface area (TPSA) is 49.4 Å². The van der Waals surface area contributed by atoms with E-state index in [9.17, 15) is 9.59 Å². The number of carbonyl (C=O) groups excluding carboxylic acids is 2. The van der Waals surface area contributed by atoms with Gasteiger partial charge >= 0.3 is 0 Å². The molecule has 1 rings (SSSR count). The molecule has 0 aliphatic heterocycles. The Balaban J connectivity index is 2.51. The van der Waals surface area contributed by atoms with E-state index >= 15 is 0 Å². The zero-order valence-electron chi connectivity index (χ0n) is 9.87. The maximum Gasteiger partial charge on any atom is 0.224 e. The molecule has 0 unspecified atom stereocenters. The minimum Gasteiger partial charge on any atom is -0.378 e. The third-order valence-electron chi connectivity index (χ3n) is 2.22. The van der Waals surface area contributed by atoms with Crippen molar-refractivity contribution in [3.05, 3.63) is 24.3 Å². The van der Waals surface area contributed by atoms with E-state index in [1.165, 1.54) is 0 Å². The van der Waals surface area contributed by atoms with Crippen molar-refractivity contribution in [2.24, 2.45) is 0 Å². The minimum atomic E-state index is -0.497. The van der Waals surface area contributed by atoms with Crippen LogP contribution in [0, 0.1) is 0 Å². The second kappa shape index (κ2) is 6.25. The number of nitrogens with one attached hydrogen (secondary N) is 1. The average molecular weight is 255 g/mol. The molecule has 0 heterocycles. The van der Waals surface area contributed by atoms with Crippen molar-refractivity contribution < 1.29 is 9.59 Å². The smallest absolute Gasteiger partial charge is 0.224 e. The van der Waals surface area contributed by atoms with Crippen LogP contribution in [-0.2, 0) is 9.59 Å². The molecule has 92 valence electrons. The van der Waals surface area contributed by atoms with Gasteiger partial charge in [-0.1, -0.05) is 0 Å². The van der Waals surface area contributed by atoms with Gasteiger partial charge in [0.1, 0.15) is 0 Å². The molecule has 1 amide bonds. The Morgan fingerprint density at radius 3 is 2.24 bits per heavy atom. The van der Waals surface area contributed by atoms with E-state index in [1.807, 2.05) is 43.3 Å². The molecule has 1 N–H and O–H groups in total. The van der Waals surface area contributed by atoms with Crippen molar-refractivity contribution in [2.75, 3.05) is 24.3 Å². The Hall–Kier alpha value is -1.55. The van der Waals surface area contributed by atoms with Gasteiger partial charge in [0.25, 0.3) is 0 Å². The molecule has 0 bridgehead atoms. The second-order valence-electron chi connectivity index (χ2n) is 3.84. The van der Waals surface area contributed by atoms with Crippen LogP contribution in [0.5, 0.6) is 0 Å². The van der Waals surface area contributed by atoms with E-state index < -0.39 is 5.24 Å². The van der Waals surface area contributed by atoms with Crippen molar-refractivity contribution in [3.63, 3.8) is 0 Å². The summed E-state index contributed by atoms with van der Waals surface area (Å²) in [4.78, 5) is 23.9. The monoisotopic (exact) mass is 254 g/mol. The average Bonchev–Trinajstić information content (AvgIpc) is 2.27. The molecule has 17 heavy (non-hydrogen) atoms. The van der Waals surface area contributed by atoms with Crippen molar-refractivity contribution in [1.82, 2.24) is 0 Å². The first kappa shape index (κ1) is 13.5. The number of amides is 1. The molecule has 1 aromatic rings. The largest absolute Gasteiger partial charge is 0.378 e. The van der Waals surface area contributed by atoms with E-state index in [-0.39, 0.29) is 18.7 Å². The van der Waals surface area contributed by atoms with Crippen LogP contribution in [0.25, 0.3) is 0 Å². The van der Waals surface area contributed by atoms with Gasteiger partial charge in [0.2, 0.25) is 11.1 Å². The molecule has 0 spiro atoms. The summed E-state index contributed by atoms with van der Waals surface area (Å²) in [5.41, 5.74) is 1.77. The number of benzene rings is 1. The zero-order chi connectivity index (χ0) is 12.8. The fourth-order valence-electron chi connectivity index (χ4n) is 1.28. The predicted octanol–water partition coefficient (Wildman–Crippen LogP) is 2.24. The number of halogens is 1. The highest BCUT2D eigenvalue weighted by Gasteiger charge is 2.05. The zero-order valence-corrected chi connectivity index (χ0v) is 10.6. The van der Waals surface area contributed by atoms with Gasteiger partial charge in [-0.05, 0) is 35.9 Å². The van der Waals surface area contributed by atoms with E-state index in [1.54, 1.807) is 0 Å². The van der Waals surface area contributed by atoms with E-state index in [4.69, 9.17) is 11.6 Å². The van der Waals surface area contributed by atoms with E-state index in [0.29, 0.717) is 5.69 Å². The molecule has 0 fully saturated rings. The van der Waals surface area contributed by atoms with Crippen LogP contribution in [-0.4, -0.2) is 25.2 Å². The lowest BCUT2D eigenvalue weighted by Gasteiger charge is -2.12. The summed E-state index contributed by atoms with van der Waals surface area (Å²) in [6, 6.07) is 7.44. The van der Waals surface area contributed by atoms with Crippen molar-refractivity contribution in [1.29, 1.82) is 0 Å². The summed E-state index contributed by atoms with van der Waals surface area (Å²) in [7, 11) is 3.89. The Morgan fingerprint density at radius 2 is 1.76 bits per heavy atom. The van der Waals surface area contributed by atoms with Gasteiger partial charge in [-0.2, -0.15) is 0 Å². The quantitative estimate of drug-likeness (QED) is 0.820. The molecule has 0 saturated carbocycles. The van der Waals surface area contributed by atoms with Gasteiger partial charge in [0.15, 0.2) is 0 Å². The van der Waals surface area contributed by atoms with Crippen molar-refractivity contribution in [2.45, 2.75) is 12.8 Å². The Labute approximate surface area is 106 Å². The van der Waals surface area contributed by atoms with E-state index in [0.717, 1.165) is 5.69 Å². The molecule has 0 saturated heterocycles. The Bertz CT molecular complexity index is 401. The second-order valence-corrected chi connectivity index (χ2v) is 4.27. The fourth-order valence-corrected chi connectivity index (χ4v) is 1.37. The first-order valence-electron chi connectivity index (χ1n) is 5.24. The molecule has 0 aliphatic carbocycles. The van der Waals surface area contributed by atoms with E-state index in [2.05, 4.69) is 5.32 Å². The molecule has 0 atom stereocenters. The van der Waals surface area contributed by atoms with Gasteiger partial charge in [0, 0.05) is 38.3 Å². The molecular weight excluding hydrogens is 240 g/mol. The highest BCUT2D eigenvalue weighted by molar-refractivity contribution is 6.63. The van der Waals surface area contributed by atoms with Gasteiger partial charge < -0.3 is 10.2 Å². The lowest BCUT2D eigenvalue weighted by atomic mass is 10.2. The van der Waals surface area contributed by atoms with Gasteiger partial charge in [-0.25, -0.2) is 0 Å². The molecule has 0 radical (unpaired) electrons. The lowest BCUT2D eigenvalue weighted by Crippen LogP contribution is -2.12. The fraction of sp³-hybridized carbons (Fsp3) is 0.333. The van der Waals surface area contributed by atoms with Crippen LogP contribution < -0.4 is 10.2 Å². The van der Waals surface area contributed by atoms with Gasteiger partial charge in [0.05, 0.1) is 0 Å². The molecule has 1 aromatic carbocycles. The van der Waals surface area contributed by atoms with Crippen LogP contribution >= 0.6 is 11.6 Å². The highest BCUT2D eigenvalue weighted by Crippen LogP contribution is 2.15. The summed E-state index contributed by atoms with van der Waals surface area (Å²) in [6.07, 6.45) is 0.168. The van der Waals surface area contributed by atoms with Crippen LogP contribution in [0.15, 0.2) is 24.3 Å². The highest BCUT2D eigenvalue weighted by atomic mass is 35.5. The van der Waals surface area contributed by atoms with Crippen LogP contribution in [0.3, 0.4) is 0 Å². The van der Waals surface area contributed by atoms with Crippen LogP contribution in [0.4, 0.5) is 11.4 Å². The maximum atomic E-state index is 11.4. The molecule has 0 aromatic heterocycles. The summed E-state index contributed by atoms with van der Waals surface area (Å²) in [6.45, 7) is 0.